The summed E-state index contributed by atoms with van der Waals surface area (Å²) in [6.07, 6.45) is -3.04. The third-order valence-corrected chi connectivity index (χ3v) is 7.63. The first-order valence-corrected chi connectivity index (χ1v) is 9.95. The van der Waals surface area contributed by atoms with E-state index in [4.69, 9.17) is 0 Å². The molecule has 1 unspecified atom stereocenters. The maximum absolute atomic E-state index is 12.9. The molecule has 138 valence electrons. The molecule has 2 saturated heterocycles. The zero-order chi connectivity index (χ0) is 18.5. The number of hydrogen-bond donors (Lipinski definition) is 1. The number of amides is 1. The molecule has 5 nitrogen and oxygen atoms in total. The number of alkyl halides is 3. The lowest BCUT2D eigenvalue weighted by atomic mass is 9.79. The van der Waals surface area contributed by atoms with Crippen molar-refractivity contribution in [2.45, 2.75) is 30.3 Å². The summed E-state index contributed by atoms with van der Waals surface area (Å²) < 4.78 is 65.9. The Morgan fingerprint density at radius 2 is 1.96 bits per heavy atom. The van der Waals surface area contributed by atoms with Gasteiger partial charge in [0.15, 0.2) is 0 Å². The molecule has 3 rings (SSSR count). The first kappa shape index (κ1) is 18.7. The van der Waals surface area contributed by atoms with Crippen molar-refractivity contribution in [1.29, 1.82) is 0 Å². The van der Waals surface area contributed by atoms with Crippen molar-refractivity contribution in [2.24, 2.45) is 5.41 Å². The molecule has 25 heavy (non-hydrogen) atoms. The zero-order valence-electron chi connectivity index (χ0n) is 13.1. The Labute approximate surface area is 151 Å². The molecule has 10 heteroatoms. The average Bonchev–Trinajstić information content (AvgIpc) is 2.86. The Kier molecular flexibility index (Phi) is 4.66. The summed E-state index contributed by atoms with van der Waals surface area (Å²) in [4.78, 5) is 11.7. The summed E-state index contributed by atoms with van der Waals surface area (Å²) in [5, 5.41) is 2.71. The summed E-state index contributed by atoms with van der Waals surface area (Å²) in [5.74, 6) is -0.185. The largest absolute Gasteiger partial charge is 0.416 e. The van der Waals surface area contributed by atoms with Gasteiger partial charge in [0.1, 0.15) is 0 Å². The van der Waals surface area contributed by atoms with E-state index in [1.54, 1.807) is 0 Å². The smallest absolute Gasteiger partial charge is 0.356 e. The Morgan fingerprint density at radius 3 is 2.56 bits per heavy atom. The second-order valence-corrected chi connectivity index (χ2v) is 9.13. The maximum Gasteiger partial charge on any atom is 0.416 e. The highest BCUT2D eigenvalue weighted by Crippen LogP contribution is 2.40. The molecule has 1 atom stereocenters. The molecular weight excluding hydrogens is 425 g/mol. The van der Waals surface area contributed by atoms with E-state index in [1.807, 2.05) is 0 Å². The normalized spacial score (nSPS) is 25.4. The first-order chi connectivity index (χ1) is 11.6. The molecule has 1 aromatic rings. The molecule has 0 radical (unpaired) electrons. The number of carbonyl (C=O) groups is 1. The van der Waals surface area contributed by atoms with Crippen LogP contribution in [0.4, 0.5) is 13.2 Å². The summed E-state index contributed by atoms with van der Waals surface area (Å²) >= 11 is 3.03. The predicted molar refractivity (Wildman–Crippen MR) is 87.2 cm³/mol. The summed E-state index contributed by atoms with van der Waals surface area (Å²) in [6.45, 7) is 0.657. The number of hydrogen-bond acceptors (Lipinski definition) is 3. The number of nitrogens with one attached hydrogen (secondary N) is 1. The third-order valence-electron chi connectivity index (χ3n) is 4.79. The van der Waals surface area contributed by atoms with E-state index in [0.717, 1.165) is 16.4 Å². The molecule has 1 N–H and O–H groups in total. The fourth-order valence-electron chi connectivity index (χ4n) is 3.42. The van der Waals surface area contributed by atoms with Crippen molar-refractivity contribution in [3.8, 4) is 0 Å². The lowest BCUT2D eigenvalue weighted by Gasteiger charge is -2.37. The summed E-state index contributed by atoms with van der Waals surface area (Å²) in [6, 6.07) is 2.54. The van der Waals surface area contributed by atoms with Crippen molar-refractivity contribution in [3.63, 3.8) is 0 Å². The fraction of sp³-hybridized carbons (Fsp3) is 0.533. The van der Waals surface area contributed by atoms with Gasteiger partial charge in [0.25, 0.3) is 0 Å². The van der Waals surface area contributed by atoms with Gasteiger partial charge in [0.2, 0.25) is 15.9 Å². The van der Waals surface area contributed by atoms with Gasteiger partial charge in [-0.15, -0.1) is 0 Å². The number of benzene rings is 1. The van der Waals surface area contributed by atoms with Crippen LogP contribution in [-0.4, -0.2) is 38.3 Å². The molecule has 2 fully saturated rings. The van der Waals surface area contributed by atoms with Crippen LogP contribution in [0.3, 0.4) is 0 Å². The van der Waals surface area contributed by atoms with Crippen LogP contribution in [-0.2, 0) is 21.0 Å². The Bertz CT molecular complexity index is 813. The van der Waals surface area contributed by atoms with Crippen molar-refractivity contribution in [1.82, 2.24) is 9.62 Å². The number of halogens is 4. The Balaban J connectivity index is 1.98. The lowest BCUT2D eigenvalue weighted by molar-refractivity contribution is -0.137. The third kappa shape index (κ3) is 3.31. The highest BCUT2D eigenvalue weighted by atomic mass is 79.9. The van der Waals surface area contributed by atoms with E-state index in [-0.39, 0.29) is 23.5 Å². The quantitative estimate of drug-likeness (QED) is 0.768. The maximum atomic E-state index is 12.9. The van der Waals surface area contributed by atoms with Crippen LogP contribution in [0.2, 0.25) is 0 Å². The molecule has 2 heterocycles. The summed E-state index contributed by atoms with van der Waals surface area (Å²) in [5.41, 5.74) is -1.81. The van der Waals surface area contributed by atoms with E-state index >= 15 is 0 Å². The highest BCUT2D eigenvalue weighted by Gasteiger charge is 2.48. The van der Waals surface area contributed by atoms with Crippen LogP contribution in [0, 0.1) is 5.41 Å². The second kappa shape index (κ2) is 6.24. The van der Waals surface area contributed by atoms with Gasteiger partial charge in [0, 0.05) is 24.1 Å². The number of sulfonamides is 1. The first-order valence-electron chi connectivity index (χ1n) is 7.71. The molecule has 1 spiro atoms. The van der Waals surface area contributed by atoms with Crippen LogP contribution < -0.4 is 5.32 Å². The van der Waals surface area contributed by atoms with Gasteiger partial charge in [-0.05, 0) is 53.4 Å². The molecule has 0 aliphatic carbocycles. The molecule has 0 saturated carbocycles. The van der Waals surface area contributed by atoms with Crippen LogP contribution in [0.15, 0.2) is 27.6 Å². The molecule has 0 bridgehead atoms. The van der Waals surface area contributed by atoms with E-state index in [1.165, 1.54) is 0 Å². The molecule has 2 aliphatic heterocycles. The standard InChI is InChI=1S/C15H16BrF3N2O3S/c16-11-3-2-10(15(17,18)19)8-12(11)25(23,24)21-7-1-4-14(9-21)5-6-20-13(14)22/h2-3,8H,1,4-7,9H2,(H,20,22). The van der Waals surface area contributed by atoms with Gasteiger partial charge in [-0.3, -0.25) is 4.79 Å². The second-order valence-electron chi connectivity index (χ2n) is 6.37. The van der Waals surface area contributed by atoms with Gasteiger partial charge in [-0.25, -0.2) is 8.42 Å². The number of carbonyl (C=O) groups excluding carboxylic acids is 1. The number of rotatable bonds is 2. The van der Waals surface area contributed by atoms with E-state index in [2.05, 4.69) is 21.2 Å². The molecule has 1 amide bonds. The summed E-state index contributed by atoms with van der Waals surface area (Å²) in [7, 11) is -4.16. The van der Waals surface area contributed by atoms with Crippen LogP contribution >= 0.6 is 15.9 Å². The minimum atomic E-state index is -4.64. The van der Waals surface area contributed by atoms with Crippen molar-refractivity contribution < 1.29 is 26.4 Å². The van der Waals surface area contributed by atoms with Crippen LogP contribution in [0.5, 0.6) is 0 Å². The molecule has 1 aromatic carbocycles. The predicted octanol–water partition coefficient (Wildman–Crippen LogP) is 2.76. The topological polar surface area (TPSA) is 66.5 Å². The van der Waals surface area contributed by atoms with Gasteiger partial charge in [0.05, 0.1) is 15.9 Å². The SMILES string of the molecule is O=C1NCCC12CCCN(S(=O)(=O)c1cc(C(F)(F)F)ccc1Br)C2. The van der Waals surface area contributed by atoms with E-state index < -0.39 is 32.1 Å². The van der Waals surface area contributed by atoms with Gasteiger partial charge in [-0.1, -0.05) is 0 Å². The molecular formula is C15H16BrF3N2O3S. The van der Waals surface area contributed by atoms with E-state index in [0.29, 0.717) is 31.9 Å². The average molecular weight is 441 g/mol. The minimum absolute atomic E-state index is 0.0101. The fourth-order valence-corrected chi connectivity index (χ4v) is 5.93. The number of nitrogens with zero attached hydrogens (tertiary/aromatic N) is 1. The molecule has 2 aliphatic rings. The number of piperidine rings is 1. The minimum Gasteiger partial charge on any atom is -0.356 e. The van der Waals surface area contributed by atoms with Crippen molar-refractivity contribution in [3.05, 3.63) is 28.2 Å². The Morgan fingerprint density at radius 1 is 1.24 bits per heavy atom. The monoisotopic (exact) mass is 440 g/mol. The highest BCUT2D eigenvalue weighted by molar-refractivity contribution is 9.10. The van der Waals surface area contributed by atoms with Crippen molar-refractivity contribution >= 4 is 31.9 Å². The van der Waals surface area contributed by atoms with Crippen LogP contribution in [0.1, 0.15) is 24.8 Å². The zero-order valence-corrected chi connectivity index (χ0v) is 15.5. The van der Waals surface area contributed by atoms with Gasteiger partial charge in [-0.2, -0.15) is 17.5 Å². The Hall–Kier alpha value is -1.13. The van der Waals surface area contributed by atoms with Crippen molar-refractivity contribution in [2.75, 3.05) is 19.6 Å². The van der Waals surface area contributed by atoms with Crippen LogP contribution in [0.25, 0.3) is 0 Å². The lowest BCUT2D eigenvalue weighted by Crippen LogP contribution is -2.49. The molecule has 0 aromatic heterocycles. The van der Waals surface area contributed by atoms with E-state index in [9.17, 15) is 26.4 Å². The van der Waals surface area contributed by atoms with Gasteiger partial charge >= 0.3 is 6.18 Å². The van der Waals surface area contributed by atoms with Gasteiger partial charge < -0.3 is 5.32 Å².